The van der Waals surface area contributed by atoms with E-state index in [-0.39, 0.29) is 0 Å². The Morgan fingerprint density at radius 2 is 1.85 bits per heavy atom. The van der Waals surface area contributed by atoms with Crippen molar-refractivity contribution in [2.75, 3.05) is 52.9 Å². The number of guanidine groups is 1. The summed E-state index contributed by atoms with van der Waals surface area (Å²) in [6.45, 7) is 12.8. The van der Waals surface area contributed by atoms with E-state index in [2.05, 4.69) is 39.3 Å². The summed E-state index contributed by atoms with van der Waals surface area (Å²) >= 11 is 0. The summed E-state index contributed by atoms with van der Waals surface area (Å²) in [7, 11) is 1.85. The minimum atomic E-state index is 0.654. The second-order valence-electron chi connectivity index (χ2n) is 6.21. The van der Waals surface area contributed by atoms with Gasteiger partial charge in [-0.15, -0.1) is 0 Å². The molecule has 0 aromatic rings. The molecule has 20 heavy (non-hydrogen) atoms. The molecule has 0 spiro atoms. The first-order chi connectivity index (χ1) is 9.71. The third-order valence-corrected chi connectivity index (χ3v) is 4.24. The van der Waals surface area contributed by atoms with Crippen molar-refractivity contribution in [3.8, 4) is 0 Å². The molecule has 5 nitrogen and oxygen atoms in total. The summed E-state index contributed by atoms with van der Waals surface area (Å²) in [6, 6.07) is 0.665. The van der Waals surface area contributed by atoms with Gasteiger partial charge in [0.05, 0.1) is 0 Å². The molecular weight excluding hydrogens is 250 g/mol. The number of nitrogens with one attached hydrogen (secondary N) is 2. The third-order valence-electron chi connectivity index (χ3n) is 4.24. The average Bonchev–Trinajstić information content (AvgIpc) is 3.28. The van der Waals surface area contributed by atoms with E-state index >= 15 is 0 Å². The van der Waals surface area contributed by atoms with Gasteiger partial charge in [0, 0.05) is 52.4 Å². The first kappa shape index (κ1) is 15.6. The van der Waals surface area contributed by atoms with Crippen LogP contribution in [0.5, 0.6) is 0 Å². The zero-order valence-corrected chi connectivity index (χ0v) is 13.4. The average molecular weight is 281 g/mol. The van der Waals surface area contributed by atoms with Crippen molar-refractivity contribution in [1.82, 2.24) is 20.4 Å². The smallest absolute Gasteiger partial charge is 0.191 e. The van der Waals surface area contributed by atoms with E-state index in [1.54, 1.807) is 0 Å². The molecule has 0 amide bonds. The number of likely N-dealkylation sites (N-methyl/N-ethyl adjacent to an activating group) is 1. The van der Waals surface area contributed by atoms with Crippen LogP contribution >= 0.6 is 0 Å². The third kappa shape index (κ3) is 5.29. The molecule has 0 bridgehead atoms. The lowest BCUT2D eigenvalue weighted by molar-refractivity contribution is 0.124. The molecule has 1 saturated heterocycles. The predicted molar refractivity (Wildman–Crippen MR) is 85.2 cm³/mol. The molecule has 0 radical (unpaired) electrons. The highest BCUT2D eigenvalue weighted by Crippen LogP contribution is 2.18. The van der Waals surface area contributed by atoms with Crippen LogP contribution in [-0.2, 0) is 0 Å². The Balaban J connectivity index is 1.61. The van der Waals surface area contributed by atoms with Gasteiger partial charge in [-0.2, -0.15) is 0 Å². The van der Waals surface area contributed by atoms with Gasteiger partial charge in [-0.1, -0.05) is 13.8 Å². The number of aliphatic imine (C=N–C) groups is 1. The Kier molecular flexibility index (Phi) is 6.10. The molecule has 1 atom stereocenters. The summed E-state index contributed by atoms with van der Waals surface area (Å²) in [5, 5.41) is 6.88. The van der Waals surface area contributed by atoms with Crippen molar-refractivity contribution in [3.05, 3.63) is 0 Å². The molecule has 116 valence electrons. The summed E-state index contributed by atoms with van der Waals surface area (Å²) in [5.41, 5.74) is 0. The van der Waals surface area contributed by atoms with E-state index in [1.807, 2.05) is 7.05 Å². The highest BCUT2D eigenvalue weighted by atomic mass is 15.3. The van der Waals surface area contributed by atoms with Crippen molar-refractivity contribution in [2.24, 2.45) is 10.9 Å². The van der Waals surface area contributed by atoms with Crippen LogP contribution < -0.4 is 10.6 Å². The SMILES string of the molecule is CCN1CCN(CC(C)CNC(=NC)NC2CC2)CC1. The maximum atomic E-state index is 4.28. The Morgan fingerprint density at radius 1 is 1.20 bits per heavy atom. The zero-order chi connectivity index (χ0) is 14.4. The van der Waals surface area contributed by atoms with Crippen LogP contribution in [0.1, 0.15) is 26.7 Å². The molecule has 0 aromatic carbocycles. The molecule has 2 fully saturated rings. The van der Waals surface area contributed by atoms with E-state index in [4.69, 9.17) is 0 Å². The van der Waals surface area contributed by atoms with Crippen LogP contribution in [0, 0.1) is 5.92 Å². The van der Waals surface area contributed by atoms with E-state index in [1.165, 1.54) is 52.1 Å². The number of hydrogen-bond donors (Lipinski definition) is 2. The minimum Gasteiger partial charge on any atom is -0.356 e. The van der Waals surface area contributed by atoms with Gasteiger partial charge in [0.25, 0.3) is 0 Å². The Bertz CT molecular complexity index is 305. The van der Waals surface area contributed by atoms with Gasteiger partial charge in [-0.05, 0) is 25.3 Å². The van der Waals surface area contributed by atoms with Crippen molar-refractivity contribution in [2.45, 2.75) is 32.7 Å². The molecule has 2 aliphatic rings. The maximum Gasteiger partial charge on any atom is 0.191 e. The van der Waals surface area contributed by atoms with Gasteiger partial charge in [0.2, 0.25) is 0 Å². The molecule has 0 aromatic heterocycles. The summed E-state index contributed by atoms with van der Waals surface area (Å²) in [5.74, 6) is 1.62. The molecule has 1 heterocycles. The number of nitrogens with zero attached hydrogens (tertiary/aromatic N) is 3. The highest BCUT2D eigenvalue weighted by molar-refractivity contribution is 5.80. The number of rotatable bonds is 6. The molecule has 1 aliphatic heterocycles. The minimum absolute atomic E-state index is 0.654. The summed E-state index contributed by atoms with van der Waals surface area (Å²) in [6.07, 6.45) is 2.58. The van der Waals surface area contributed by atoms with Crippen LogP contribution in [0.2, 0.25) is 0 Å². The summed E-state index contributed by atoms with van der Waals surface area (Å²) in [4.78, 5) is 9.40. The van der Waals surface area contributed by atoms with Crippen LogP contribution in [0.25, 0.3) is 0 Å². The van der Waals surface area contributed by atoms with Gasteiger partial charge in [0.15, 0.2) is 5.96 Å². The largest absolute Gasteiger partial charge is 0.356 e. The lowest BCUT2D eigenvalue weighted by Gasteiger charge is -2.35. The van der Waals surface area contributed by atoms with Crippen LogP contribution in [-0.4, -0.2) is 74.7 Å². The molecule has 1 aliphatic carbocycles. The standard InChI is InChI=1S/C15H31N5/c1-4-19-7-9-20(10-8-19)12-13(2)11-17-15(16-3)18-14-5-6-14/h13-14H,4-12H2,1-3H3,(H2,16,17,18). The van der Waals surface area contributed by atoms with Gasteiger partial charge in [-0.25, -0.2) is 0 Å². The van der Waals surface area contributed by atoms with Gasteiger partial charge >= 0.3 is 0 Å². The molecule has 1 saturated carbocycles. The lowest BCUT2D eigenvalue weighted by atomic mass is 10.1. The molecular formula is C15H31N5. The first-order valence-corrected chi connectivity index (χ1v) is 8.13. The second-order valence-corrected chi connectivity index (χ2v) is 6.21. The Hall–Kier alpha value is -0.810. The van der Waals surface area contributed by atoms with Gasteiger partial charge < -0.3 is 20.4 Å². The fourth-order valence-electron chi connectivity index (χ4n) is 2.68. The monoisotopic (exact) mass is 281 g/mol. The fourth-order valence-corrected chi connectivity index (χ4v) is 2.68. The van der Waals surface area contributed by atoms with E-state index < -0.39 is 0 Å². The number of hydrogen-bond acceptors (Lipinski definition) is 3. The molecule has 5 heteroatoms. The van der Waals surface area contributed by atoms with Crippen molar-refractivity contribution >= 4 is 5.96 Å². The van der Waals surface area contributed by atoms with Crippen LogP contribution in [0.3, 0.4) is 0 Å². The summed E-state index contributed by atoms with van der Waals surface area (Å²) < 4.78 is 0. The van der Waals surface area contributed by atoms with E-state index in [0.29, 0.717) is 12.0 Å². The fraction of sp³-hybridized carbons (Fsp3) is 0.933. The number of piperazine rings is 1. The second kappa shape index (κ2) is 7.84. The Morgan fingerprint density at radius 3 is 2.40 bits per heavy atom. The van der Waals surface area contributed by atoms with Crippen molar-refractivity contribution in [1.29, 1.82) is 0 Å². The van der Waals surface area contributed by atoms with E-state index in [9.17, 15) is 0 Å². The van der Waals surface area contributed by atoms with Crippen molar-refractivity contribution < 1.29 is 0 Å². The zero-order valence-electron chi connectivity index (χ0n) is 13.4. The Labute approximate surface area is 123 Å². The molecule has 2 rings (SSSR count). The maximum absolute atomic E-state index is 4.28. The molecule has 2 N–H and O–H groups in total. The van der Waals surface area contributed by atoms with E-state index in [0.717, 1.165) is 12.5 Å². The van der Waals surface area contributed by atoms with Crippen LogP contribution in [0.15, 0.2) is 4.99 Å². The lowest BCUT2D eigenvalue weighted by Crippen LogP contribution is -2.48. The highest BCUT2D eigenvalue weighted by Gasteiger charge is 2.22. The van der Waals surface area contributed by atoms with Crippen LogP contribution in [0.4, 0.5) is 0 Å². The predicted octanol–water partition coefficient (Wildman–Crippen LogP) is 0.587. The first-order valence-electron chi connectivity index (χ1n) is 8.13. The molecule has 1 unspecified atom stereocenters. The van der Waals surface area contributed by atoms with Crippen molar-refractivity contribution in [3.63, 3.8) is 0 Å². The quantitative estimate of drug-likeness (QED) is 0.552. The van der Waals surface area contributed by atoms with Gasteiger partial charge in [-0.3, -0.25) is 4.99 Å². The van der Waals surface area contributed by atoms with Gasteiger partial charge in [0.1, 0.15) is 0 Å². The topological polar surface area (TPSA) is 42.9 Å². The normalized spacial score (nSPS) is 23.6.